The quantitative estimate of drug-likeness (QED) is 0.680. The summed E-state index contributed by atoms with van der Waals surface area (Å²) in [6.07, 6.45) is 0. The van der Waals surface area contributed by atoms with Crippen molar-refractivity contribution in [2.24, 2.45) is 0 Å². The lowest BCUT2D eigenvalue weighted by Gasteiger charge is -2.09. The summed E-state index contributed by atoms with van der Waals surface area (Å²) in [5.41, 5.74) is 8.68. The number of halogens is 1. The zero-order chi connectivity index (χ0) is 12.4. The Morgan fingerprint density at radius 1 is 1.59 bits per heavy atom. The molecule has 0 spiro atoms. The summed E-state index contributed by atoms with van der Waals surface area (Å²) in [4.78, 5) is 27.7. The van der Waals surface area contributed by atoms with Crippen molar-refractivity contribution in [3.63, 3.8) is 0 Å². The van der Waals surface area contributed by atoms with Crippen LogP contribution in [-0.2, 0) is 9.63 Å². The molecule has 1 atom stereocenters. The number of amides is 2. The van der Waals surface area contributed by atoms with Crippen molar-refractivity contribution < 1.29 is 14.4 Å². The van der Waals surface area contributed by atoms with Crippen LogP contribution in [0.1, 0.15) is 10.4 Å². The van der Waals surface area contributed by atoms with Crippen LogP contribution < -0.4 is 16.5 Å². The molecule has 1 heterocycles. The van der Waals surface area contributed by atoms with E-state index in [-0.39, 0.29) is 18.4 Å². The van der Waals surface area contributed by atoms with Crippen molar-refractivity contribution in [3.8, 4) is 0 Å². The van der Waals surface area contributed by atoms with Gasteiger partial charge in [-0.3, -0.25) is 14.4 Å². The van der Waals surface area contributed by atoms with E-state index in [1.165, 1.54) is 6.07 Å². The number of anilines is 1. The maximum Gasteiger partial charge on any atom is 0.268 e. The molecule has 7 heteroatoms. The highest BCUT2D eigenvalue weighted by molar-refractivity contribution is 9.10. The van der Waals surface area contributed by atoms with E-state index in [9.17, 15) is 9.59 Å². The summed E-state index contributed by atoms with van der Waals surface area (Å²) in [5, 5.41) is 2.54. The van der Waals surface area contributed by atoms with E-state index in [1.807, 2.05) is 0 Å². The van der Waals surface area contributed by atoms with E-state index in [2.05, 4.69) is 26.7 Å². The second-order valence-corrected chi connectivity index (χ2v) is 4.39. The van der Waals surface area contributed by atoms with Gasteiger partial charge >= 0.3 is 0 Å². The lowest BCUT2D eigenvalue weighted by atomic mass is 10.2. The van der Waals surface area contributed by atoms with Gasteiger partial charge < -0.3 is 11.1 Å². The summed E-state index contributed by atoms with van der Waals surface area (Å²) in [6, 6.07) is 4.17. The first-order valence-electron chi connectivity index (χ1n) is 4.85. The van der Waals surface area contributed by atoms with Crippen LogP contribution in [0.25, 0.3) is 0 Å². The molecule has 90 valence electrons. The van der Waals surface area contributed by atoms with Crippen LogP contribution in [0.5, 0.6) is 0 Å². The van der Waals surface area contributed by atoms with Crippen molar-refractivity contribution in [1.82, 2.24) is 10.8 Å². The Bertz CT molecular complexity index is 478. The molecular weight excluding hydrogens is 290 g/mol. The van der Waals surface area contributed by atoms with E-state index < -0.39 is 6.04 Å². The number of hydrogen-bond acceptors (Lipinski definition) is 4. The number of rotatable bonds is 2. The monoisotopic (exact) mass is 299 g/mol. The molecule has 1 aliphatic rings. The minimum absolute atomic E-state index is 0.122. The number of carbonyl (C=O) groups is 2. The fourth-order valence-corrected chi connectivity index (χ4v) is 1.62. The molecule has 1 aromatic rings. The topological polar surface area (TPSA) is 93.5 Å². The van der Waals surface area contributed by atoms with Crippen molar-refractivity contribution in [2.45, 2.75) is 6.04 Å². The molecule has 0 bridgehead atoms. The highest BCUT2D eigenvalue weighted by atomic mass is 79.9. The number of hydrogen-bond donors (Lipinski definition) is 3. The van der Waals surface area contributed by atoms with Crippen LogP contribution in [-0.4, -0.2) is 24.5 Å². The molecule has 1 saturated heterocycles. The Labute approximate surface area is 106 Å². The molecule has 2 amide bonds. The molecule has 1 fully saturated rings. The van der Waals surface area contributed by atoms with E-state index in [0.717, 1.165) is 4.47 Å². The molecule has 0 aliphatic carbocycles. The van der Waals surface area contributed by atoms with Gasteiger partial charge in [0, 0.05) is 15.7 Å². The summed E-state index contributed by atoms with van der Waals surface area (Å²) >= 11 is 3.24. The van der Waals surface area contributed by atoms with Crippen LogP contribution >= 0.6 is 15.9 Å². The number of nitrogens with two attached hydrogens (primary N) is 1. The molecule has 4 N–H and O–H groups in total. The molecule has 0 aromatic heterocycles. The highest BCUT2D eigenvalue weighted by Crippen LogP contribution is 2.20. The van der Waals surface area contributed by atoms with Gasteiger partial charge in [-0.15, -0.1) is 0 Å². The molecule has 17 heavy (non-hydrogen) atoms. The van der Waals surface area contributed by atoms with Gasteiger partial charge in [-0.25, -0.2) is 5.48 Å². The second-order valence-electron chi connectivity index (χ2n) is 3.54. The Hall–Kier alpha value is -1.60. The van der Waals surface area contributed by atoms with E-state index in [4.69, 9.17) is 10.6 Å². The number of nitrogens with one attached hydrogen (secondary N) is 2. The van der Waals surface area contributed by atoms with Crippen molar-refractivity contribution in [3.05, 3.63) is 28.2 Å². The lowest BCUT2D eigenvalue weighted by molar-refractivity contribution is -0.125. The lowest BCUT2D eigenvalue weighted by Crippen LogP contribution is -2.41. The maximum absolute atomic E-state index is 11.8. The van der Waals surface area contributed by atoms with Gasteiger partial charge in [0.15, 0.2) is 0 Å². The molecule has 0 saturated carbocycles. The van der Waals surface area contributed by atoms with Crippen LogP contribution in [0.3, 0.4) is 0 Å². The van der Waals surface area contributed by atoms with Crippen LogP contribution in [0.4, 0.5) is 5.69 Å². The fourth-order valence-electron chi connectivity index (χ4n) is 1.38. The SMILES string of the molecule is Nc1cc(C(=O)N[C@@H]2CONC2=O)ccc1Br. The van der Waals surface area contributed by atoms with Gasteiger partial charge in [-0.2, -0.15) is 0 Å². The largest absolute Gasteiger partial charge is 0.398 e. The first kappa shape index (κ1) is 11.9. The van der Waals surface area contributed by atoms with E-state index in [1.54, 1.807) is 12.1 Å². The first-order chi connectivity index (χ1) is 8.08. The van der Waals surface area contributed by atoms with Gasteiger partial charge in [0.25, 0.3) is 11.8 Å². The first-order valence-corrected chi connectivity index (χ1v) is 5.65. The molecule has 2 rings (SSSR count). The Kier molecular flexibility index (Phi) is 3.30. The third-order valence-corrected chi connectivity index (χ3v) is 3.02. The van der Waals surface area contributed by atoms with Crippen molar-refractivity contribution in [1.29, 1.82) is 0 Å². The normalized spacial score (nSPS) is 18.9. The van der Waals surface area contributed by atoms with Crippen LogP contribution in [0.2, 0.25) is 0 Å². The van der Waals surface area contributed by atoms with E-state index >= 15 is 0 Å². The smallest absolute Gasteiger partial charge is 0.268 e. The third-order valence-electron chi connectivity index (χ3n) is 2.30. The Morgan fingerprint density at radius 3 is 2.94 bits per heavy atom. The highest BCUT2D eigenvalue weighted by Gasteiger charge is 2.27. The number of benzene rings is 1. The van der Waals surface area contributed by atoms with Gasteiger partial charge in [0.05, 0.1) is 0 Å². The van der Waals surface area contributed by atoms with Crippen LogP contribution in [0, 0.1) is 0 Å². The average molecular weight is 300 g/mol. The minimum atomic E-state index is -0.660. The van der Waals surface area contributed by atoms with Gasteiger partial charge in [-0.1, -0.05) is 0 Å². The fraction of sp³-hybridized carbons (Fsp3) is 0.200. The van der Waals surface area contributed by atoms with Gasteiger partial charge in [-0.05, 0) is 34.1 Å². The zero-order valence-electron chi connectivity index (χ0n) is 8.70. The molecule has 0 radical (unpaired) electrons. The average Bonchev–Trinajstić information content (AvgIpc) is 2.68. The maximum atomic E-state index is 11.8. The van der Waals surface area contributed by atoms with E-state index in [0.29, 0.717) is 11.3 Å². The Morgan fingerprint density at radius 2 is 2.35 bits per heavy atom. The number of hydroxylamine groups is 1. The molecule has 1 aromatic carbocycles. The summed E-state index contributed by atoms with van der Waals surface area (Å²) < 4.78 is 0.719. The molecule has 1 aliphatic heterocycles. The Balaban J connectivity index is 2.09. The van der Waals surface area contributed by atoms with Crippen molar-refractivity contribution in [2.75, 3.05) is 12.3 Å². The van der Waals surface area contributed by atoms with Gasteiger partial charge in [0.1, 0.15) is 12.6 Å². The molecule has 0 unspecified atom stereocenters. The zero-order valence-corrected chi connectivity index (χ0v) is 10.3. The number of carbonyl (C=O) groups excluding carboxylic acids is 2. The molecular formula is C10H10BrN3O3. The third kappa shape index (κ3) is 2.56. The second kappa shape index (κ2) is 4.72. The standard InChI is InChI=1S/C10H10BrN3O3/c11-6-2-1-5(3-7(6)12)9(15)13-8-4-17-14-10(8)16/h1-3,8H,4,12H2,(H,13,15)(H,14,16)/t8-/m1/s1. The number of nitrogen functional groups attached to an aromatic ring is 1. The summed E-state index contributed by atoms with van der Waals surface area (Å²) in [6.45, 7) is 0.122. The van der Waals surface area contributed by atoms with Crippen molar-refractivity contribution >= 4 is 33.4 Å². The van der Waals surface area contributed by atoms with Crippen LogP contribution in [0.15, 0.2) is 22.7 Å². The predicted molar refractivity (Wildman–Crippen MR) is 63.9 cm³/mol. The summed E-state index contributed by atoms with van der Waals surface area (Å²) in [7, 11) is 0. The predicted octanol–water partition coefficient (Wildman–Crippen LogP) is 0.191. The minimum Gasteiger partial charge on any atom is -0.398 e. The molecule has 6 nitrogen and oxygen atoms in total. The van der Waals surface area contributed by atoms with Gasteiger partial charge in [0.2, 0.25) is 0 Å². The summed E-state index contributed by atoms with van der Waals surface area (Å²) in [5.74, 6) is -0.724.